The van der Waals surface area contributed by atoms with Crippen LogP contribution in [0.5, 0.6) is 0 Å². The van der Waals surface area contributed by atoms with Gasteiger partial charge in [-0.3, -0.25) is 24.4 Å². The van der Waals surface area contributed by atoms with E-state index in [9.17, 15) is 9.59 Å². The van der Waals surface area contributed by atoms with Crippen LogP contribution in [0.25, 0.3) is 0 Å². The molecular weight excluding hydrogens is 354 g/mol. The van der Waals surface area contributed by atoms with Gasteiger partial charge in [0, 0.05) is 58.6 Å². The number of hydrogen-bond acceptors (Lipinski definition) is 5. The third kappa shape index (κ3) is 5.75. The zero-order valence-corrected chi connectivity index (χ0v) is 17.4. The molecular formula is C21H33N5O2. The van der Waals surface area contributed by atoms with Crippen molar-refractivity contribution in [1.82, 2.24) is 25.0 Å². The summed E-state index contributed by atoms with van der Waals surface area (Å²) in [6, 6.07) is 5.60. The zero-order valence-electron chi connectivity index (χ0n) is 17.4. The maximum absolute atomic E-state index is 12.9. The maximum Gasteiger partial charge on any atom is 0.237 e. The quantitative estimate of drug-likeness (QED) is 0.815. The van der Waals surface area contributed by atoms with Crippen molar-refractivity contribution in [3.8, 4) is 0 Å². The largest absolute Gasteiger partial charge is 0.353 e. The van der Waals surface area contributed by atoms with Crippen molar-refractivity contribution < 1.29 is 9.59 Å². The van der Waals surface area contributed by atoms with Crippen molar-refractivity contribution in [3.63, 3.8) is 0 Å². The van der Waals surface area contributed by atoms with Gasteiger partial charge in [-0.1, -0.05) is 26.8 Å². The van der Waals surface area contributed by atoms with E-state index in [2.05, 4.69) is 40.9 Å². The smallest absolute Gasteiger partial charge is 0.237 e. The van der Waals surface area contributed by atoms with Gasteiger partial charge in [-0.2, -0.15) is 0 Å². The van der Waals surface area contributed by atoms with Crippen LogP contribution in [0.4, 0.5) is 0 Å². The zero-order chi connectivity index (χ0) is 20.1. The summed E-state index contributed by atoms with van der Waals surface area (Å²) in [6.07, 6.45) is 2.08. The van der Waals surface area contributed by atoms with E-state index in [4.69, 9.17) is 0 Å². The van der Waals surface area contributed by atoms with Gasteiger partial charge in [0.2, 0.25) is 11.8 Å². The van der Waals surface area contributed by atoms with Gasteiger partial charge in [-0.05, 0) is 17.5 Å². The molecule has 154 valence electrons. The van der Waals surface area contributed by atoms with Crippen LogP contribution in [0, 0.1) is 5.41 Å². The lowest BCUT2D eigenvalue weighted by atomic mass is 9.94. The van der Waals surface area contributed by atoms with Crippen LogP contribution in [0.15, 0.2) is 24.4 Å². The van der Waals surface area contributed by atoms with Crippen LogP contribution < -0.4 is 5.32 Å². The minimum Gasteiger partial charge on any atom is -0.353 e. The second-order valence-corrected chi connectivity index (χ2v) is 9.02. The summed E-state index contributed by atoms with van der Waals surface area (Å²) >= 11 is 0. The highest BCUT2D eigenvalue weighted by molar-refractivity contribution is 5.88. The number of aromatic nitrogens is 1. The number of hydrogen-bond donors (Lipinski definition) is 1. The van der Waals surface area contributed by atoms with Crippen LogP contribution in [0.2, 0.25) is 0 Å². The Morgan fingerprint density at radius 3 is 2.57 bits per heavy atom. The molecule has 1 unspecified atom stereocenters. The minimum atomic E-state index is -0.355. The topological polar surface area (TPSA) is 68.8 Å². The van der Waals surface area contributed by atoms with Crippen molar-refractivity contribution in [2.24, 2.45) is 5.41 Å². The van der Waals surface area contributed by atoms with Crippen LogP contribution in [-0.2, 0) is 16.1 Å². The summed E-state index contributed by atoms with van der Waals surface area (Å²) < 4.78 is 0. The standard InChI is InChI=1S/C21H33N5O2/c1-21(2,3)16-26-9-8-23-20(28)18(26)14-19(27)25-12-10-24(11-13-25)15-17-6-4-5-7-22-17/h4-7,18H,8-16H2,1-3H3,(H,23,28). The summed E-state index contributed by atoms with van der Waals surface area (Å²) in [6.45, 7) is 12.7. The molecule has 1 aromatic heterocycles. The number of nitrogens with zero attached hydrogens (tertiary/aromatic N) is 4. The maximum atomic E-state index is 12.9. The van der Waals surface area contributed by atoms with E-state index < -0.39 is 0 Å². The first-order chi connectivity index (χ1) is 13.3. The first kappa shape index (κ1) is 20.7. The van der Waals surface area contributed by atoms with Gasteiger partial charge in [0.05, 0.1) is 18.2 Å². The minimum absolute atomic E-state index is 0.0161. The molecule has 1 atom stereocenters. The molecule has 7 nitrogen and oxygen atoms in total. The molecule has 2 saturated heterocycles. The molecule has 2 fully saturated rings. The van der Waals surface area contributed by atoms with Gasteiger partial charge in [-0.25, -0.2) is 0 Å². The van der Waals surface area contributed by atoms with E-state index >= 15 is 0 Å². The second-order valence-electron chi connectivity index (χ2n) is 9.02. The number of carbonyl (C=O) groups is 2. The number of nitrogens with one attached hydrogen (secondary N) is 1. The Labute approximate surface area is 168 Å². The highest BCUT2D eigenvalue weighted by Crippen LogP contribution is 2.20. The van der Waals surface area contributed by atoms with E-state index in [1.807, 2.05) is 29.3 Å². The van der Waals surface area contributed by atoms with Crippen LogP contribution in [-0.4, -0.2) is 83.4 Å². The summed E-state index contributed by atoms with van der Waals surface area (Å²) in [5.74, 6) is 0.0658. The van der Waals surface area contributed by atoms with Gasteiger partial charge in [0.1, 0.15) is 0 Å². The van der Waals surface area contributed by atoms with Crippen molar-refractivity contribution in [2.45, 2.75) is 39.8 Å². The van der Waals surface area contributed by atoms with Gasteiger partial charge in [-0.15, -0.1) is 0 Å². The normalized spacial score (nSPS) is 22.2. The third-order valence-corrected chi connectivity index (χ3v) is 5.32. The summed E-state index contributed by atoms with van der Waals surface area (Å²) in [4.78, 5) is 36.1. The number of carbonyl (C=O) groups excluding carboxylic acids is 2. The van der Waals surface area contributed by atoms with Crippen molar-refractivity contribution >= 4 is 11.8 Å². The van der Waals surface area contributed by atoms with Gasteiger partial charge < -0.3 is 10.2 Å². The van der Waals surface area contributed by atoms with E-state index in [0.29, 0.717) is 19.6 Å². The van der Waals surface area contributed by atoms with E-state index in [0.717, 1.165) is 38.4 Å². The molecule has 7 heteroatoms. The first-order valence-electron chi connectivity index (χ1n) is 10.2. The molecule has 3 rings (SSSR count). The predicted molar refractivity (Wildman–Crippen MR) is 109 cm³/mol. The average Bonchev–Trinajstić information content (AvgIpc) is 2.65. The van der Waals surface area contributed by atoms with Crippen LogP contribution in [0.3, 0.4) is 0 Å². The monoisotopic (exact) mass is 387 g/mol. The molecule has 1 aromatic rings. The number of rotatable bonds is 5. The molecule has 0 aliphatic carbocycles. The fraction of sp³-hybridized carbons (Fsp3) is 0.667. The lowest BCUT2D eigenvalue weighted by molar-refractivity contribution is -0.140. The SMILES string of the molecule is CC(C)(C)CN1CCNC(=O)C1CC(=O)N1CCN(Cc2ccccn2)CC1. The lowest BCUT2D eigenvalue weighted by Gasteiger charge is -2.40. The molecule has 2 aliphatic rings. The van der Waals surface area contributed by atoms with E-state index in [1.165, 1.54) is 0 Å². The fourth-order valence-corrected chi connectivity index (χ4v) is 3.95. The predicted octanol–water partition coefficient (Wildman–Crippen LogP) is 0.962. The Hall–Kier alpha value is -1.99. The Morgan fingerprint density at radius 2 is 1.93 bits per heavy atom. The van der Waals surface area contributed by atoms with Crippen LogP contribution in [0.1, 0.15) is 32.9 Å². The summed E-state index contributed by atoms with van der Waals surface area (Å²) in [5.41, 5.74) is 1.15. The molecule has 0 bridgehead atoms. The Morgan fingerprint density at radius 1 is 1.18 bits per heavy atom. The highest BCUT2D eigenvalue weighted by atomic mass is 16.2. The molecule has 0 radical (unpaired) electrons. The summed E-state index contributed by atoms with van der Waals surface area (Å²) in [7, 11) is 0. The Kier molecular flexibility index (Phi) is 6.67. The number of piperazine rings is 2. The van der Waals surface area contributed by atoms with E-state index in [1.54, 1.807) is 0 Å². The first-order valence-corrected chi connectivity index (χ1v) is 10.2. The third-order valence-electron chi connectivity index (χ3n) is 5.32. The molecule has 1 N–H and O–H groups in total. The highest BCUT2D eigenvalue weighted by Gasteiger charge is 2.35. The van der Waals surface area contributed by atoms with Gasteiger partial charge in [0.25, 0.3) is 0 Å². The Balaban J connectivity index is 1.52. The molecule has 0 aromatic carbocycles. The number of amides is 2. The van der Waals surface area contributed by atoms with Crippen molar-refractivity contribution in [2.75, 3.05) is 45.8 Å². The second kappa shape index (κ2) is 9.01. The molecule has 2 amide bonds. The molecule has 2 aliphatic heterocycles. The molecule has 0 spiro atoms. The molecule has 3 heterocycles. The molecule has 28 heavy (non-hydrogen) atoms. The summed E-state index contributed by atoms with van der Waals surface area (Å²) in [5, 5.41) is 2.92. The van der Waals surface area contributed by atoms with Crippen LogP contribution >= 0.6 is 0 Å². The Bertz CT molecular complexity index is 665. The van der Waals surface area contributed by atoms with Crippen molar-refractivity contribution in [3.05, 3.63) is 30.1 Å². The lowest BCUT2D eigenvalue weighted by Crippen LogP contribution is -2.58. The molecule has 0 saturated carbocycles. The fourth-order valence-electron chi connectivity index (χ4n) is 3.95. The van der Waals surface area contributed by atoms with Crippen molar-refractivity contribution in [1.29, 1.82) is 0 Å². The number of pyridine rings is 1. The average molecular weight is 388 g/mol. The van der Waals surface area contributed by atoms with E-state index in [-0.39, 0.29) is 29.7 Å². The van der Waals surface area contributed by atoms with Gasteiger partial charge in [0.15, 0.2) is 0 Å². The van der Waals surface area contributed by atoms with Gasteiger partial charge >= 0.3 is 0 Å².